The number of alkyl carbamates (subject to hydrolysis) is 1. The van der Waals surface area contributed by atoms with Crippen LogP contribution in [0, 0.1) is 23.1 Å². The maximum absolute atomic E-state index is 14.9. The van der Waals surface area contributed by atoms with E-state index >= 15 is 0 Å². The van der Waals surface area contributed by atoms with Gasteiger partial charge < -0.3 is 35.9 Å². The maximum atomic E-state index is 14.9. The summed E-state index contributed by atoms with van der Waals surface area (Å²) >= 11 is 0. The number of nitrogens with one attached hydrogen (secondary N) is 2. The quantitative estimate of drug-likeness (QED) is 0.116. The number of benzene rings is 1. The summed E-state index contributed by atoms with van der Waals surface area (Å²) in [6.07, 6.45) is 8.14. The first kappa shape index (κ1) is 48.0. The highest BCUT2D eigenvalue weighted by molar-refractivity contribution is 6.12. The van der Waals surface area contributed by atoms with Crippen LogP contribution in [0.25, 0.3) is 0 Å². The molecule has 332 valence electrons. The molecule has 3 aliphatic rings. The Bertz CT molecular complexity index is 1740. The Morgan fingerprint density at radius 3 is 2.20 bits per heavy atom. The van der Waals surface area contributed by atoms with E-state index in [2.05, 4.69) is 23.7 Å². The molecule has 0 aromatic heterocycles. The minimum absolute atomic E-state index is 0.0115. The molecule has 1 aromatic rings. The minimum Gasteiger partial charge on any atom is -0.444 e. The molecular weight excluding hydrogens is 768 g/mol. The molecule has 2 saturated heterocycles. The highest BCUT2D eigenvalue weighted by Crippen LogP contribution is 2.28. The molecule has 4 rings (SSSR count). The smallest absolute Gasteiger partial charge is 0.408 e. The van der Waals surface area contributed by atoms with Crippen LogP contribution in [0.2, 0.25) is 0 Å². The van der Waals surface area contributed by atoms with Crippen LogP contribution >= 0.6 is 0 Å². The number of likely N-dealkylation sites (N-methyl/N-ethyl adjacent to an activating group) is 1. The fraction of sp³-hybridized carbons (Fsp3) is 0.644. The van der Waals surface area contributed by atoms with Crippen molar-refractivity contribution < 1.29 is 33.1 Å². The van der Waals surface area contributed by atoms with Crippen molar-refractivity contribution in [2.45, 2.75) is 97.6 Å². The largest absolute Gasteiger partial charge is 0.444 e. The van der Waals surface area contributed by atoms with Crippen LogP contribution in [-0.2, 0) is 25.5 Å². The van der Waals surface area contributed by atoms with Gasteiger partial charge >= 0.3 is 6.09 Å². The second-order valence-electron chi connectivity index (χ2n) is 17.6. The Morgan fingerprint density at radius 2 is 1.62 bits per heavy atom. The second-order valence-corrected chi connectivity index (χ2v) is 17.6. The summed E-state index contributed by atoms with van der Waals surface area (Å²) in [4.78, 5) is 74.6. The number of amides is 5. The van der Waals surface area contributed by atoms with Crippen LogP contribution in [0.3, 0.4) is 0 Å². The van der Waals surface area contributed by atoms with Crippen LogP contribution in [0.5, 0.6) is 0 Å². The number of hydrogen-bond donors (Lipinski definition) is 3. The molecule has 1 aromatic carbocycles. The highest BCUT2D eigenvalue weighted by Gasteiger charge is 2.36. The van der Waals surface area contributed by atoms with Gasteiger partial charge in [-0.1, -0.05) is 51.3 Å². The normalized spacial score (nSPS) is 18.2. The van der Waals surface area contributed by atoms with Gasteiger partial charge in [0.25, 0.3) is 5.91 Å². The standard InChI is InChI=1S/C45H69FN8O6/c1-8-32(29-51-19-21-54(22-20-51)43(58)40(34-13-11-10-12-14-34)49-44(59)60-45(4,5)6)17-18-50(7)30-39(55)52-23-25-53(26-24-52)42(57)36-27-33(15-16-37(36)46)28-38(47)35(9-2)31(3)41(48)56/h9,15-16,27,32,34,40,47H,3,8,10-14,17-26,28-30H2,1-2,4-7H3,(H2,48,56)(H,49,59)/b35-9+,47-38?. The van der Waals surface area contributed by atoms with Crippen molar-refractivity contribution in [2.75, 3.05) is 79.0 Å². The SMILES string of the molecule is C=C(C(N)=O)/C(=C\C)C(=N)Cc1ccc(F)c(C(=O)N2CCN(C(=O)CN(C)CCC(CC)CN3CCN(C(=O)C(NC(=O)OC(C)(C)C)C4CCCCC4)CC3)CC2)c1. The fourth-order valence-electron chi connectivity index (χ4n) is 8.37. The average Bonchev–Trinajstić information content (AvgIpc) is 3.21. The summed E-state index contributed by atoms with van der Waals surface area (Å²) in [6, 6.07) is 3.57. The number of hydrogen-bond acceptors (Lipinski definition) is 9. The molecule has 2 heterocycles. The number of carbonyl (C=O) groups is 5. The number of halogens is 1. The van der Waals surface area contributed by atoms with Crippen molar-refractivity contribution in [1.82, 2.24) is 29.8 Å². The molecule has 3 fully saturated rings. The minimum atomic E-state index is -0.734. The van der Waals surface area contributed by atoms with Crippen LogP contribution in [0.1, 0.15) is 95.5 Å². The van der Waals surface area contributed by atoms with Crippen molar-refractivity contribution in [3.05, 3.63) is 58.9 Å². The third kappa shape index (κ3) is 14.0. The lowest BCUT2D eigenvalue weighted by molar-refractivity contribution is -0.137. The number of ether oxygens (including phenoxy) is 1. The van der Waals surface area contributed by atoms with Gasteiger partial charge in [-0.3, -0.25) is 29.0 Å². The van der Waals surface area contributed by atoms with Crippen LogP contribution < -0.4 is 11.1 Å². The molecule has 0 bridgehead atoms. The zero-order chi connectivity index (χ0) is 44.1. The molecule has 2 aliphatic heterocycles. The predicted octanol–water partition coefficient (Wildman–Crippen LogP) is 4.63. The molecule has 0 spiro atoms. The molecular formula is C45H69FN8O6. The van der Waals surface area contributed by atoms with Crippen molar-refractivity contribution in [1.29, 1.82) is 5.41 Å². The lowest BCUT2D eigenvalue weighted by Crippen LogP contribution is -2.58. The molecule has 5 amide bonds. The zero-order valence-electron chi connectivity index (χ0n) is 36.8. The van der Waals surface area contributed by atoms with Crippen LogP contribution in [0.4, 0.5) is 9.18 Å². The van der Waals surface area contributed by atoms with Gasteiger partial charge in [0.2, 0.25) is 17.7 Å². The van der Waals surface area contributed by atoms with Crippen molar-refractivity contribution in [3.63, 3.8) is 0 Å². The molecule has 1 saturated carbocycles. The maximum Gasteiger partial charge on any atom is 0.408 e. The van der Waals surface area contributed by atoms with Crippen molar-refractivity contribution >= 4 is 35.4 Å². The topological polar surface area (TPSA) is 173 Å². The van der Waals surface area contributed by atoms with Crippen molar-refractivity contribution in [3.8, 4) is 0 Å². The van der Waals surface area contributed by atoms with E-state index in [9.17, 15) is 28.4 Å². The van der Waals surface area contributed by atoms with Gasteiger partial charge in [0, 0.05) is 82.2 Å². The van der Waals surface area contributed by atoms with Gasteiger partial charge in [-0.15, -0.1) is 0 Å². The van der Waals surface area contributed by atoms with E-state index in [0.717, 1.165) is 71.1 Å². The average molecular weight is 837 g/mol. The Hall–Kier alpha value is -4.63. The monoisotopic (exact) mass is 837 g/mol. The van der Waals surface area contributed by atoms with Gasteiger partial charge in [0.05, 0.1) is 12.1 Å². The molecule has 4 N–H and O–H groups in total. The first-order valence-corrected chi connectivity index (χ1v) is 21.7. The Balaban J connectivity index is 1.20. The highest BCUT2D eigenvalue weighted by atomic mass is 19.1. The van der Waals surface area contributed by atoms with Crippen LogP contribution in [0.15, 0.2) is 42.0 Å². The van der Waals surface area contributed by atoms with E-state index in [1.54, 1.807) is 22.8 Å². The number of nitrogens with zero attached hydrogens (tertiary/aromatic N) is 5. The third-order valence-electron chi connectivity index (χ3n) is 12.0. The van der Waals surface area contributed by atoms with E-state index in [4.69, 9.17) is 15.9 Å². The van der Waals surface area contributed by atoms with E-state index in [0.29, 0.717) is 43.2 Å². The Morgan fingerprint density at radius 1 is 1.00 bits per heavy atom. The number of rotatable bonds is 17. The molecule has 1 aliphatic carbocycles. The van der Waals surface area contributed by atoms with E-state index in [-0.39, 0.29) is 60.6 Å². The van der Waals surface area contributed by atoms with Gasteiger partial charge in [-0.25, -0.2) is 9.18 Å². The Labute approximate surface area is 356 Å². The fourth-order valence-corrected chi connectivity index (χ4v) is 8.37. The molecule has 60 heavy (non-hydrogen) atoms. The van der Waals surface area contributed by atoms with Gasteiger partial charge in [0.15, 0.2) is 0 Å². The summed E-state index contributed by atoms with van der Waals surface area (Å²) in [7, 11) is 1.95. The first-order valence-electron chi connectivity index (χ1n) is 21.7. The molecule has 0 radical (unpaired) electrons. The summed E-state index contributed by atoms with van der Waals surface area (Å²) in [5, 5.41) is 11.4. The number of carbonyl (C=O) groups excluding carboxylic acids is 5. The summed E-state index contributed by atoms with van der Waals surface area (Å²) in [5.74, 6) is -1.37. The zero-order valence-corrected chi connectivity index (χ0v) is 36.8. The van der Waals surface area contributed by atoms with Gasteiger partial charge in [0.1, 0.15) is 17.5 Å². The predicted molar refractivity (Wildman–Crippen MR) is 231 cm³/mol. The number of allylic oxidation sites excluding steroid dienone is 1. The number of piperazine rings is 2. The third-order valence-corrected chi connectivity index (χ3v) is 12.0. The number of primary amides is 1. The van der Waals surface area contributed by atoms with E-state index < -0.39 is 35.4 Å². The number of nitrogens with two attached hydrogens (primary N) is 1. The Kier molecular flexibility index (Phi) is 17.8. The summed E-state index contributed by atoms with van der Waals surface area (Å²) in [6.45, 7) is 18.9. The lowest BCUT2D eigenvalue weighted by Gasteiger charge is -2.40. The first-order chi connectivity index (χ1) is 28.4. The molecule has 14 nitrogen and oxygen atoms in total. The van der Waals surface area contributed by atoms with Crippen molar-refractivity contribution in [2.24, 2.45) is 17.6 Å². The molecule has 2 unspecified atom stereocenters. The summed E-state index contributed by atoms with van der Waals surface area (Å²) < 4.78 is 20.4. The van der Waals surface area contributed by atoms with E-state index in [1.807, 2.05) is 37.6 Å². The summed E-state index contributed by atoms with van der Waals surface area (Å²) in [5.41, 5.74) is 5.52. The lowest BCUT2D eigenvalue weighted by atomic mass is 9.83. The van der Waals surface area contributed by atoms with Crippen LogP contribution in [-0.4, -0.2) is 151 Å². The molecule has 2 atom stereocenters. The second kappa shape index (κ2) is 22.3. The van der Waals surface area contributed by atoms with Gasteiger partial charge in [-0.2, -0.15) is 0 Å². The van der Waals surface area contributed by atoms with Gasteiger partial charge in [-0.05, 0) is 90.1 Å². The molecule has 15 heteroatoms. The van der Waals surface area contributed by atoms with E-state index in [1.165, 1.54) is 18.2 Å².